The van der Waals surface area contributed by atoms with Crippen molar-refractivity contribution in [1.82, 2.24) is 9.21 Å². The van der Waals surface area contributed by atoms with Crippen LogP contribution in [0.1, 0.15) is 6.92 Å². The summed E-state index contributed by atoms with van der Waals surface area (Å²) < 4.78 is 39.4. The quantitative estimate of drug-likeness (QED) is 0.833. The number of nitrogens with two attached hydrogens (primary N) is 1. The number of nitrogens with zero attached hydrogens (tertiary/aromatic N) is 2. The summed E-state index contributed by atoms with van der Waals surface area (Å²) in [5, 5.41) is 0. The second-order valence-corrected chi connectivity index (χ2v) is 6.50. The van der Waals surface area contributed by atoms with Crippen LogP contribution in [0.4, 0.5) is 10.1 Å². The molecule has 1 aliphatic heterocycles. The number of benzene rings is 1. The number of likely N-dealkylation sites (N-methyl/N-ethyl adjacent to an activating group) is 1. The highest BCUT2D eigenvalue weighted by atomic mass is 32.2. The maximum absolute atomic E-state index is 13.3. The Morgan fingerprint density at radius 3 is 2.37 bits per heavy atom. The molecule has 19 heavy (non-hydrogen) atoms. The van der Waals surface area contributed by atoms with Crippen molar-refractivity contribution in [1.29, 1.82) is 0 Å². The van der Waals surface area contributed by atoms with Crippen molar-refractivity contribution in [2.45, 2.75) is 11.8 Å². The third-order valence-corrected chi connectivity index (χ3v) is 5.19. The van der Waals surface area contributed by atoms with Crippen LogP contribution < -0.4 is 5.73 Å². The van der Waals surface area contributed by atoms with Gasteiger partial charge in [-0.25, -0.2) is 12.8 Å². The normalized spacial score (nSPS) is 18.6. The van der Waals surface area contributed by atoms with Crippen molar-refractivity contribution < 1.29 is 12.8 Å². The van der Waals surface area contributed by atoms with E-state index in [2.05, 4.69) is 4.90 Å². The third kappa shape index (κ3) is 3.05. The Labute approximate surface area is 112 Å². The Morgan fingerprint density at radius 2 is 1.84 bits per heavy atom. The van der Waals surface area contributed by atoms with Gasteiger partial charge in [0, 0.05) is 31.9 Å². The maximum Gasteiger partial charge on any atom is 0.243 e. The second kappa shape index (κ2) is 5.44. The van der Waals surface area contributed by atoms with E-state index >= 15 is 0 Å². The summed E-state index contributed by atoms with van der Waals surface area (Å²) >= 11 is 0. The van der Waals surface area contributed by atoms with Crippen LogP contribution in [0.5, 0.6) is 0 Å². The zero-order valence-corrected chi connectivity index (χ0v) is 11.7. The predicted molar refractivity (Wildman–Crippen MR) is 71.7 cm³/mol. The van der Waals surface area contributed by atoms with Crippen molar-refractivity contribution in [2.24, 2.45) is 0 Å². The Balaban J connectivity index is 2.23. The van der Waals surface area contributed by atoms with Gasteiger partial charge in [-0.15, -0.1) is 0 Å². The molecule has 0 atom stereocenters. The number of anilines is 1. The SMILES string of the molecule is CCN1CCN(S(=O)(=O)c2cc(N)cc(F)c2)CC1. The lowest BCUT2D eigenvalue weighted by molar-refractivity contribution is 0.196. The van der Waals surface area contributed by atoms with Crippen LogP contribution in [-0.2, 0) is 10.0 Å². The molecule has 0 saturated carbocycles. The first kappa shape index (κ1) is 14.2. The first-order chi connectivity index (χ1) is 8.93. The minimum atomic E-state index is -3.65. The molecule has 0 amide bonds. The van der Waals surface area contributed by atoms with Gasteiger partial charge in [-0.3, -0.25) is 0 Å². The molecular formula is C12H18FN3O2S. The van der Waals surface area contributed by atoms with Crippen LogP contribution >= 0.6 is 0 Å². The Bertz CT molecular complexity index is 534. The zero-order valence-electron chi connectivity index (χ0n) is 10.8. The summed E-state index contributed by atoms with van der Waals surface area (Å²) in [6.45, 7) is 5.18. The number of nitrogen functional groups attached to an aromatic ring is 1. The molecule has 106 valence electrons. The molecule has 7 heteroatoms. The fourth-order valence-electron chi connectivity index (χ4n) is 2.17. The van der Waals surface area contributed by atoms with E-state index in [-0.39, 0.29) is 10.6 Å². The van der Waals surface area contributed by atoms with Crippen molar-refractivity contribution in [3.63, 3.8) is 0 Å². The van der Waals surface area contributed by atoms with Gasteiger partial charge in [-0.05, 0) is 24.7 Å². The van der Waals surface area contributed by atoms with Crippen molar-refractivity contribution in [3.05, 3.63) is 24.0 Å². The van der Waals surface area contributed by atoms with E-state index in [1.807, 2.05) is 6.92 Å². The fraction of sp³-hybridized carbons (Fsp3) is 0.500. The third-order valence-electron chi connectivity index (χ3n) is 3.31. The number of hydrogen-bond acceptors (Lipinski definition) is 4. The van der Waals surface area contributed by atoms with Crippen molar-refractivity contribution in [3.8, 4) is 0 Å². The van der Waals surface area contributed by atoms with Crippen LogP contribution in [0.25, 0.3) is 0 Å². The highest BCUT2D eigenvalue weighted by Crippen LogP contribution is 2.21. The highest BCUT2D eigenvalue weighted by Gasteiger charge is 2.28. The molecule has 0 bridgehead atoms. The van der Waals surface area contributed by atoms with Crippen LogP contribution in [0, 0.1) is 5.82 Å². The Kier molecular flexibility index (Phi) is 4.07. The van der Waals surface area contributed by atoms with Gasteiger partial charge in [-0.1, -0.05) is 6.92 Å². The maximum atomic E-state index is 13.3. The topological polar surface area (TPSA) is 66.6 Å². The summed E-state index contributed by atoms with van der Waals surface area (Å²) in [6, 6.07) is 3.41. The fourth-order valence-corrected chi connectivity index (χ4v) is 3.66. The molecule has 0 unspecified atom stereocenters. The van der Waals surface area contributed by atoms with Gasteiger partial charge >= 0.3 is 0 Å². The first-order valence-electron chi connectivity index (χ1n) is 6.22. The Hall–Kier alpha value is -1.18. The van der Waals surface area contributed by atoms with Gasteiger partial charge < -0.3 is 10.6 Å². The summed E-state index contributed by atoms with van der Waals surface area (Å²) in [4.78, 5) is 2.10. The minimum absolute atomic E-state index is 0.0741. The molecule has 0 radical (unpaired) electrons. The number of halogens is 1. The molecule has 1 aromatic rings. The van der Waals surface area contributed by atoms with Gasteiger partial charge in [0.15, 0.2) is 0 Å². The molecule has 0 aromatic heterocycles. The predicted octanol–water partition coefficient (Wildman–Crippen LogP) is 0.734. The number of sulfonamides is 1. The van der Waals surface area contributed by atoms with Gasteiger partial charge in [-0.2, -0.15) is 4.31 Å². The highest BCUT2D eigenvalue weighted by molar-refractivity contribution is 7.89. The van der Waals surface area contributed by atoms with E-state index in [1.54, 1.807) is 0 Å². The molecular weight excluding hydrogens is 269 g/mol. The standard InChI is InChI=1S/C12H18FN3O2S/c1-2-15-3-5-16(6-4-15)19(17,18)12-8-10(13)7-11(14)9-12/h7-9H,2-6,14H2,1H3. The van der Waals surface area contributed by atoms with E-state index in [0.717, 1.165) is 18.7 Å². The molecule has 0 spiro atoms. The second-order valence-electron chi connectivity index (χ2n) is 4.56. The van der Waals surface area contributed by atoms with E-state index in [4.69, 9.17) is 5.73 Å². The van der Waals surface area contributed by atoms with E-state index in [1.165, 1.54) is 10.4 Å². The van der Waals surface area contributed by atoms with Crippen LogP contribution in [0.3, 0.4) is 0 Å². The number of piperazine rings is 1. The van der Waals surface area contributed by atoms with Crippen molar-refractivity contribution in [2.75, 3.05) is 38.5 Å². The zero-order chi connectivity index (χ0) is 14.0. The Morgan fingerprint density at radius 1 is 1.21 bits per heavy atom. The molecule has 2 rings (SSSR count). The average molecular weight is 287 g/mol. The largest absolute Gasteiger partial charge is 0.399 e. The van der Waals surface area contributed by atoms with E-state index in [9.17, 15) is 12.8 Å². The summed E-state index contributed by atoms with van der Waals surface area (Å²) in [5.41, 5.74) is 5.61. The molecule has 1 heterocycles. The summed E-state index contributed by atoms with van der Waals surface area (Å²) in [6.07, 6.45) is 0. The van der Waals surface area contributed by atoms with Gasteiger partial charge in [0.05, 0.1) is 4.90 Å². The van der Waals surface area contributed by atoms with Crippen LogP contribution in [0.2, 0.25) is 0 Å². The van der Waals surface area contributed by atoms with Gasteiger partial charge in [0.25, 0.3) is 0 Å². The lowest BCUT2D eigenvalue weighted by Gasteiger charge is -2.33. The van der Waals surface area contributed by atoms with E-state index in [0.29, 0.717) is 26.2 Å². The van der Waals surface area contributed by atoms with Crippen LogP contribution in [0.15, 0.2) is 23.1 Å². The summed E-state index contributed by atoms with van der Waals surface area (Å²) in [5.74, 6) is -0.634. The number of hydrogen-bond donors (Lipinski definition) is 1. The molecule has 1 fully saturated rings. The monoisotopic (exact) mass is 287 g/mol. The molecule has 1 aromatic carbocycles. The minimum Gasteiger partial charge on any atom is -0.399 e. The number of rotatable bonds is 3. The van der Waals surface area contributed by atoms with Gasteiger partial charge in [0.2, 0.25) is 10.0 Å². The van der Waals surface area contributed by atoms with E-state index < -0.39 is 15.8 Å². The van der Waals surface area contributed by atoms with Gasteiger partial charge in [0.1, 0.15) is 5.82 Å². The van der Waals surface area contributed by atoms with Crippen molar-refractivity contribution >= 4 is 15.7 Å². The summed E-state index contributed by atoms with van der Waals surface area (Å²) in [7, 11) is -3.65. The van der Waals surface area contributed by atoms with Crippen LogP contribution in [-0.4, -0.2) is 50.3 Å². The molecule has 5 nitrogen and oxygen atoms in total. The molecule has 1 aliphatic rings. The average Bonchev–Trinajstić information content (AvgIpc) is 2.37. The smallest absolute Gasteiger partial charge is 0.243 e. The lowest BCUT2D eigenvalue weighted by atomic mass is 10.3. The molecule has 1 saturated heterocycles. The molecule has 2 N–H and O–H groups in total. The first-order valence-corrected chi connectivity index (χ1v) is 7.66. The molecule has 0 aliphatic carbocycles. The lowest BCUT2D eigenvalue weighted by Crippen LogP contribution is -2.48.